The van der Waals surface area contributed by atoms with Gasteiger partial charge in [-0.1, -0.05) is 83.6 Å². The topological polar surface area (TPSA) is 29.5 Å². The van der Waals surface area contributed by atoms with E-state index in [0.29, 0.717) is 31.6 Å². The summed E-state index contributed by atoms with van der Waals surface area (Å²) >= 11 is 18.8. The predicted molar refractivity (Wildman–Crippen MR) is 129 cm³/mol. The Bertz CT molecular complexity index is 1150. The second-order valence-electron chi connectivity index (χ2n) is 6.45. The number of carbonyl (C=O) groups excluding carboxylic acids is 1. The molecule has 1 aliphatic rings. The molecule has 0 bridgehead atoms. The summed E-state index contributed by atoms with van der Waals surface area (Å²) in [6, 6.07) is 22.2. The number of nitrogens with zero attached hydrogens (tertiary/aromatic N) is 1. The summed E-state index contributed by atoms with van der Waals surface area (Å²) in [5, 5.41) is 1.14. The first-order chi connectivity index (χ1) is 14.5. The Morgan fingerprint density at radius 3 is 2.57 bits per heavy atom. The molecule has 0 atom stereocenters. The Labute approximate surface area is 194 Å². The summed E-state index contributed by atoms with van der Waals surface area (Å²) in [6.07, 6.45) is 1.82. The Balaban J connectivity index is 1.50. The predicted octanol–water partition coefficient (Wildman–Crippen LogP) is 6.98. The van der Waals surface area contributed by atoms with Crippen molar-refractivity contribution in [3.8, 4) is 5.75 Å². The largest absolute Gasteiger partial charge is 0.489 e. The minimum Gasteiger partial charge on any atom is -0.489 e. The number of halogens is 2. The van der Waals surface area contributed by atoms with Crippen LogP contribution in [0.3, 0.4) is 0 Å². The molecule has 30 heavy (non-hydrogen) atoms. The van der Waals surface area contributed by atoms with Gasteiger partial charge in [0.15, 0.2) is 4.32 Å². The van der Waals surface area contributed by atoms with Crippen molar-refractivity contribution in [2.45, 2.75) is 6.61 Å². The van der Waals surface area contributed by atoms with Crippen molar-refractivity contribution in [3.63, 3.8) is 0 Å². The molecule has 1 aliphatic heterocycles. The van der Waals surface area contributed by atoms with Gasteiger partial charge < -0.3 is 4.74 Å². The summed E-state index contributed by atoms with van der Waals surface area (Å²) < 4.78 is 6.39. The van der Waals surface area contributed by atoms with Crippen molar-refractivity contribution in [2.24, 2.45) is 0 Å². The minimum atomic E-state index is -0.129. The molecule has 1 heterocycles. The van der Waals surface area contributed by atoms with Gasteiger partial charge in [-0.25, -0.2) is 0 Å². The molecule has 7 heteroatoms. The van der Waals surface area contributed by atoms with E-state index < -0.39 is 0 Å². The molecule has 3 nitrogen and oxygen atoms in total. The fourth-order valence-electron chi connectivity index (χ4n) is 2.91. The van der Waals surface area contributed by atoms with Gasteiger partial charge in [-0.2, -0.15) is 0 Å². The van der Waals surface area contributed by atoms with Crippen molar-refractivity contribution >= 4 is 69.2 Å². The summed E-state index contributed by atoms with van der Waals surface area (Å²) in [7, 11) is 0. The van der Waals surface area contributed by atoms with Crippen molar-refractivity contribution < 1.29 is 9.53 Å². The maximum absolute atomic E-state index is 12.9. The molecule has 1 amide bonds. The summed E-state index contributed by atoms with van der Waals surface area (Å²) in [5.41, 5.74) is 2.46. The highest BCUT2D eigenvalue weighted by molar-refractivity contribution is 8.27. The van der Waals surface area contributed by atoms with Gasteiger partial charge >= 0.3 is 0 Å². The Morgan fingerprint density at radius 1 is 1.00 bits per heavy atom. The Kier molecular flexibility index (Phi) is 6.44. The number of anilines is 1. The van der Waals surface area contributed by atoms with Gasteiger partial charge in [-0.3, -0.25) is 9.69 Å². The highest BCUT2D eigenvalue weighted by Crippen LogP contribution is 2.36. The lowest BCUT2D eigenvalue weighted by Crippen LogP contribution is -2.27. The van der Waals surface area contributed by atoms with E-state index in [4.69, 9.17) is 40.2 Å². The quantitative estimate of drug-likeness (QED) is 0.296. The number of thioether (sulfide) groups is 1. The fourth-order valence-corrected chi connectivity index (χ4v) is 4.67. The molecule has 0 aliphatic carbocycles. The maximum atomic E-state index is 12.9. The van der Waals surface area contributed by atoms with E-state index in [9.17, 15) is 4.79 Å². The second kappa shape index (κ2) is 9.23. The van der Waals surface area contributed by atoms with E-state index in [1.54, 1.807) is 17.0 Å². The first-order valence-electron chi connectivity index (χ1n) is 9.01. The van der Waals surface area contributed by atoms with Gasteiger partial charge in [0.25, 0.3) is 5.91 Å². The van der Waals surface area contributed by atoms with Gasteiger partial charge in [-0.05, 0) is 48.0 Å². The van der Waals surface area contributed by atoms with Crippen molar-refractivity contribution in [2.75, 3.05) is 4.90 Å². The van der Waals surface area contributed by atoms with Crippen LogP contribution in [0.4, 0.5) is 5.69 Å². The number of benzene rings is 3. The molecule has 0 unspecified atom stereocenters. The fraction of sp³-hybridized carbons (Fsp3) is 0.0435. The molecule has 0 N–H and O–H groups in total. The average Bonchev–Trinajstić information content (AvgIpc) is 3.01. The van der Waals surface area contributed by atoms with E-state index in [-0.39, 0.29) is 5.91 Å². The lowest BCUT2D eigenvalue weighted by Gasteiger charge is -2.13. The zero-order valence-electron chi connectivity index (χ0n) is 15.5. The van der Waals surface area contributed by atoms with E-state index in [2.05, 4.69) is 0 Å². The van der Waals surface area contributed by atoms with Crippen LogP contribution in [0.25, 0.3) is 6.08 Å². The van der Waals surface area contributed by atoms with E-state index >= 15 is 0 Å². The zero-order valence-corrected chi connectivity index (χ0v) is 18.7. The van der Waals surface area contributed by atoms with Gasteiger partial charge in [0.1, 0.15) is 12.4 Å². The van der Waals surface area contributed by atoms with Crippen LogP contribution in [0.1, 0.15) is 11.1 Å². The number of carbonyl (C=O) groups is 1. The van der Waals surface area contributed by atoms with Crippen molar-refractivity contribution in [1.29, 1.82) is 0 Å². The van der Waals surface area contributed by atoms with E-state index in [0.717, 1.165) is 16.8 Å². The Hall–Kier alpha value is -2.31. The molecule has 3 aromatic carbocycles. The van der Waals surface area contributed by atoms with Gasteiger partial charge in [0, 0.05) is 15.6 Å². The van der Waals surface area contributed by atoms with Crippen LogP contribution in [0, 0.1) is 0 Å². The maximum Gasteiger partial charge on any atom is 0.270 e. The van der Waals surface area contributed by atoms with Crippen LogP contribution in [-0.2, 0) is 11.4 Å². The number of para-hydroxylation sites is 1. The third kappa shape index (κ3) is 4.71. The molecule has 0 aromatic heterocycles. The van der Waals surface area contributed by atoms with Crippen molar-refractivity contribution in [1.82, 2.24) is 0 Å². The number of hydrogen-bond acceptors (Lipinski definition) is 4. The zero-order chi connectivity index (χ0) is 21.1. The summed E-state index contributed by atoms with van der Waals surface area (Å²) in [5.74, 6) is 0.545. The first kappa shape index (κ1) is 20.9. The summed E-state index contributed by atoms with van der Waals surface area (Å²) in [4.78, 5) is 15.0. The number of hydrogen-bond donors (Lipinski definition) is 0. The van der Waals surface area contributed by atoms with Gasteiger partial charge in [0.2, 0.25) is 0 Å². The standard InChI is InChI=1S/C23H15Cl2NO2S2/c24-17-10-9-16(20(25)13-17)14-28-19-8-4-5-15(11-19)12-21-22(27)26(23(29)30-21)18-6-2-1-3-7-18/h1-13H,14H2. The van der Waals surface area contributed by atoms with E-state index in [1.807, 2.05) is 66.7 Å². The molecule has 0 radical (unpaired) electrons. The minimum absolute atomic E-state index is 0.129. The lowest BCUT2D eigenvalue weighted by atomic mass is 10.2. The molecule has 1 saturated heterocycles. The van der Waals surface area contributed by atoms with Gasteiger partial charge in [0.05, 0.1) is 10.6 Å². The average molecular weight is 472 g/mol. The van der Waals surface area contributed by atoms with Crippen molar-refractivity contribution in [3.05, 3.63) is 98.9 Å². The number of ether oxygens (including phenoxy) is 1. The number of rotatable bonds is 5. The molecule has 3 aromatic rings. The number of thiocarbonyl (C=S) groups is 1. The van der Waals surface area contributed by atoms with Gasteiger partial charge in [-0.15, -0.1) is 0 Å². The van der Waals surface area contributed by atoms with Crippen LogP contribution in [0.5, 0.6) is 5.75 Å². The van der Waals surface area contributed by atoms with Crippen LogP contribution in [0.2, 0.25) is 10.0 Å². The molecular formula is C23H15Cl2NO2S2. The van der Waals surface area contributed by atoms with Crippen LogP contribution in [0.15, 0.2) is 77.7 Å². The molecule has 4 rings (SSSR count). The third-order valence-electron chi connectivity index (χ3n) is 4.37. The van der Waals surface area contributed by atoms with Crippen LogP contribution >= 0.6 is 47.2 Å². The highest BCUT2D eigenvalue weighted by atomic mass is 35.5. The van der Waals surface area contributed by atoms with E-state index in [1.165, 1.54) is 11.8 Å². The molecular weight excluding hydrogens is 457 g/mol. The molecule has 150 valence electrons. The SMILES string of the molecule is O=C1C(=Cc2cccc(OCc3ccc(Cl)cc3Cl)c2)SC(=S)N1c1ccccc1. The van der Waals surface area contributed by atoms with Crippen LogP contribution < -0.4 is 9.64 Å². The molecule has 0 saturated carbocycles. The molecule has 1 fully saturated rings. The normalized spacial score (nSPS) is 15.1. The Morgan fingerprint density at radius 2 is 1.80 bits per heavy atom. The smallest absolute Gasteiger partial charge is 0.270 e. The second-order valence-corrected chi connectivity index (χ2v) is 8.97. The summed E-state index contributed by atoms with van der Waals surface area (Å²) in [6.45, 7) is 0.315. The first-order valence-corrected chi connectivity index (χ1v) is 11.0. The molecule has 0 spiro atoms. The lowest BCUT2D eigenvalue weighted by molar-refractivity contribution is -0.113. The monoisotopic (exact) mass is 471 g/mol. The highest BCUT2D eigenvalue weighted by Gasteiger charge is 2.33. The third-order valence-corrected chi connectivity index (χ3v) is 6.26. The van der Waals surface area contributed by atoms with Crippen LogP contribution in [-0.4, -0.2) is 10.2 Å². The number of amides is 1.